The van der Waals surface area contributed by atoms with Gasteiger partial charge in [-0.15, -0.1) is 0 Å². The molecule has 1 fully saturated rings. The fourth-order valence-corrected chi connectivity index (χ4v) is 3.96. The van der Waals surface area contributed by atoms with E-state index in [1.54, 1.807) is 0 Å². The van der Waals surface area contributed by atoms with E-state index in [4.69, 9.17) is 9.73 Å². The summed E-state index contributed by atoms with van der Waals surface area (Å²) < 4.78 is 6.19. The smallest absolute Gasteiger partial charge is 0.244 e. The molecule has 146 valence electrons. The molecule has 2 atom stereocenters. The van der Waals surface area contributed by atoms with E-state index in [0.717, 1.165) is 16.9 Å². The summed E-state index contributed by atoms with van der Waals surface area (Å²) in [6.07, 6.45) is 0.353. The average molecular weight is 449 g/mol. The molecule has 0 unspecified atom stereocenters. The Balaban J connectivity index is 1.83. The second-order valence-corrected chi connectivity index (χ2v) is 7.59. The molecule has 1 N–H and O–H groups in total. The molecular formula is C24H21BrN2O2. The molecule has 0 aromatic heterocycles. The molecule has 0 radical (unpaired) electrons. The van der Waals surface area contributed by atoms with E-state index in [2.05, 4.69) is 21.2 Å². The number of hydrogen-bond acceptors (Lipinski definition) is 3. The predicted octanol–water partition coefficient (Wildman–Crippen LogP) is 5.48. The molecule has 4 rings (SSSR count). The van der Waals surface area contributed by atoms with Crippen molar-refractivity contribution in [2.24, 2.45) is 4.99 Å². The zero-order valence-electron chi connectivity index (χ0n) is 15.8. The van der Waals surface area contributed by atoms with Crippen LogP contribution in [0, 0.1) is 0 Å². The van der Waals surface area contributed by atoms with E-state index in [1.165, 1.54) is 0 Å². The van der Waals surface area contributed by atoms with Gasteiger partial charge in [-0.2, -0.15) is 0 Å². The topological polar surface area (TPSA) is 50.7 Å². The zero-order valence-corrected chi connectivity index (χ0v) is 17.4. The van der Waals surface area contributed by atoms with Crippen molar-refractivity contribution in [1.82, 2.24) is 0 Å². The minimum atomic E-state index is -1.01. The third kappa shape index (κ3) is 3.96. The van der Waals surface area contributed by atoms with Gasteiger partial charge in [0, 0.05) is 17.4 Å². The number of para-hydroxylation sites is 2. The number of nitrogens with zero attached hydrogens (tertiary/aromatic N) is 1. The number of carbonyl (C=O) groups is 1. The highest BCUT2D eigenvalue weighted by atomic mass is 79.9. The number of alkyl halides is 1. The van der Waals surface area contributed by atoms with Crippen molar-refractivity contribution in [1.29, 1.82) is 0 Å². The van der Waals surface area contributed by atoms with Gasteiger partial charge in [-0.05, 0) is 29.8 Å². The summed E-state index contributed by atoms with van der Waals surface area (Å²) in [5.74, 6) is 0.279. The first-order valence-corrected chi connectivity index (χ1v) is 10.6. The van der Waals surface area contributed by atoms with Crippen LogP contribution in [0.25, 0.3) is 0 Å². The Hall–Kier alpha value is -2.92. The van der Waals surface area contributed by atoms with Gasteiger partial charge in [-0.3, -0.25) is 4.79 Å². The highest BCUT2D eigenvalue weighted by molar-refractivity contribution is 9.09. The standard InChI is InChI=1S/C24H21BrN2O2/c25-17-21-16-24(18-10-4-1-5-11-18,22(28)26-19-12-6-2-7-13-19)23(29-21)27-20-14-8-3-9-15-20/h1-15,21H,16-17H2,(H,26,28)/t21-,24+/m0/s1. The Bertz CT molecular complexity index is 993. The van der Waals surface area contributed by atoms with E-state index in [0.29, 0.717) is 17.6 Å². The predicted molar refractivity (Wildman–Crippen MR) is 120 cm³/mol. The largest absolute Gasteiger partial charge is 0.475 e. The van der Waals surface area contributed by atoms with Gasteiger partial charge in [0.15, 0.2) is 5.41 Å². The van der Waals surface area contributed by atoms with Gasteiger partial charge in [0.2, 0.25) is 11.8 Å². The van der Waals surface area contributed by atoms with Gasteiger partial charge in [0.1, 0.15) is 6.10 Å². The molecule has 1 aliphatic heterocycles. The van der Waals surface area contributed by atoms with E-state index in [1.807, 2.05) is 91.0 Å². The van der Waals surface area contributed by atoms with Crippen LogP contribution in [0.3, 0.4) is 0 Å². The second-order valence-electron chi connectivity index (χ2n) is 6.94. The van der Waals surface area contributed by atoms with Gasteiger partial charge < -0.3 is 10.1 Å². The molecule has 4 nitrogen and oxygen atoms in total. The number of rotatable bonds is 5. The average Bonchev–Trinajstić information content (AvgIpc) is 3.15. The van der Waals surface area contributed by atoms with Gasteiger partial charge in [0.25, 0.3) is 0 Å². The van der Waals surface area contributed by atoms with Crippen LogP contribution < -0.4 is 5.32 Å². The van der Waals surface area contributed by atoms with E-state index in [9.17, 15) is 4.79 Å². The molecule has 29 heavy (non-hydrogen) atoms. The van der Waals surface area contributed by atoms with Crippen molar-refractivity contribution in [2.75, 3.05) is 10.6 Å². The van der Waals surface area contributed by atoms with Crippen molar-refractivity contribution in [3.63, 3.8) is 0 Å². The quantitative estimate of drug-likeness (QED) is 0.525. The van der Waals surface area contributed by atoms with E-state index >= 15 is 0 Å². The molecule has 1 aliphatic rings. The summed E-state index contributed by atoms with van der Waals surface area (Å²) in [7, 11) is 0. The van der Waals surface area contributed by atoms with Gasteiger partial charge in [-0.1, -0.05) is 82.7 Å². The molecule has 0 bridgehead atoms. The van der Waals surface area contributed by atoms with Gasteiger partial charge >= 0.3 is 0 Å². The Morgan fingerprint density at radius 3 is 2.17 bits per heavy atom. The molecule has 3 aromatic carbocycles. The van der Waals surface area contributed by atoms with Crippen LogP contribution in [0.4, 0.5) is 11.4 Å². The maximum atomic E-state index is 13.7. The molecule has 0 saturated carbocycles. The third-order valence-electron chi connectivity index (χ3n) is 5.02. The fraction of sp³-hybridized carbons (Fsp3) is 0.167. The molecule has 0 aliphatic carbocycles. The summed E-state index contributed by atoms with van der Waals surface area (Å²) in [5.41, 5.74) is 1.36. The summed E-state index contributed by atoms with van der Waals surface area (Å²) in [4.78, 5) is 18.5. The maximum Gasteiger partial charge on any atom is 0.244 e. The summed E-state index contributed by atoms with van der Waals surface area (Å²) in [6, 6.07) is 28.8. The van der Waals surface area contributed by atoms with Crippen molar-refractivity contribution in [2.45, 2.75) is 17.9 Å². The lowest BCUT2D eigenvalue weighted by atomic mass is 9.76. The lowest BCUT2D eigenvalue weighted by molar-refractivity contribution is -0.119. The first-order valence-electron chi connectivity index (χ1n) is 9.51. The molecule has 5 heteroatoms. The monoisotopic (exact) mass is 448 g/mol. The molecule has 1 saturated heterocycles. The van der Waals surface area contributed by atoms with E-state index in [-0.39, 0.29) is 12.0 Å². The third-order valence-corrected chi connectivity index (χ3v) is 5.74. The van der Waals surface area contributed by atoms with Crippen LogP contribution in [0.2, 0.25) is 0 Å². The number of halogens is 1. The second kappa shape index (κ2) is 8.62. The van der Waals surface area contributed by atoms with Crippen LogP contribution >= 0.6 is 15.9 Å². The minimum Gasteiger partial charge on any atom is -0.475 e. The minimum absolute atomic E-state index is 0.145. The molecule has 3 aromatic rings. The molecular weight excluding hydrogens is 428 g/mol. The summed E-state index contributed by atoms with van der Waals surface area (Å²) in [5, 5.41) is 3.69. The summed E-state index contributed by atoms with van der Waals surface area (Å²) in [6.45, 7) is 0. The van der Waals surface area contributed by atoms with Gasteiger partial charge in [-0.25, -0.2) is 4.99 Å². The van der Waals surface area contributed by atoms with Crippen LogP contribution in [0.1, 0.15) is 12.0 Å². The van der Waals surface area contributed by atoms with Crippen molar-refractivity contribution < 1.29 is 9.53 Å². The highest BCUT2D eigenvalue weighted by Gasteiger charge is 2.54. The lowest BCUT2D eigenvalue weighted by Crippen LogP contribution is -2.44. The first kappa shape index (κ1) is 19.4. The highest BCUT2D eigenvalue weighted by Crippen LogP contribution is 2.41. The van der Waals surface area contributed by atoms with Crippen molar-refractivity contribution in [3.8, 4) is 0 Å². The first-order chi connectivity index (χ1) is 14.2. The number of anilines is 1. The van der Waals surface area contributed by atoms with Crippen molar-refractivity contribution >= 4 is 39.1 Å². The number of hydrogen-bond donors (Lipinski definition) is 1. The van der Waals surface area contributed by atoms with Crippen LogP contribution in [0.15, 0.2) is 96.0 Å². The number of nitrogens with one attached hydrogen (secondary N) is 1. The fourth-order valence-electron chi connectivity index (χ4n) is 3.60. The van der Waals surface area contributed by atoms with Gasteiger partial charge in [0.05, 0.1) is 5.69 Å². The summed E-state index contributed by atoms with van der Waals surface area (Å²) >= 11 is 3.52. The lowest BCUT2D eigenvalue weighted by Gasteiger charge is -2.27. The Morgan fingerprint density at radius 2 is 1.55 bits per heavy atom. The Kier molecular flexibility index (Phi) is 5.76. The van der Waals surface area contributed by atoms with Crippen LogP contribution in [-0.2, 0) is 14.9 Å². The Labute approximate surface area is 178 Å². The zero-order chi connectivity index (χ0) is 20.1. The van der Waals surface area contributed by atoms with Crippen molar-refractivity contribution in [3.05, 3.63) is 96.6 Å². The number of benzene rings is 3. The van der Waals surface area contributed by atoms with Crippen LogP contribution in [0.5, 0.6) is 0 Å². The molecule has 1 heterocycles. The normalized spacial score (nSPS) is 22.2. The molecule has 0 spiro atoms. The number of carbonyl (C=O) groups excluding carboxylic acids is 1. The number of amides is 1. The number of ether oxygens (including phenoxy) is 1. The Morgan fingerprint density at radius 1 is 0.966 bits per heavy atom. The van der Waals surface area contributed by atoms with Crippen LogP contribution in [-0.4, -0.2) is 23.2 Å². The SMILES string of the molecule is O=C(Nc1ccccc1)[C@]1(c2ccccc2)C[C@@H](CBr)OC1=Nc1ccccc1. The number of aliphatic imine (C=N–C) groups is 1. The van der Waals surface area contributed by atoms with E-state index < -0.39 is 5.41 Å². The molecule has 1 amide bonds. The maximum absolute atomic E-state index is 13.7.